The molecule has 3 N–H and O–H groups in total. The Kier molecular flexibility index (Phi) is 6.65. The quantitative estimate of drug-likeness (QED) is 0.405. The van der Waals surface area contributed by atoms with Gasteiger partial charge in [0.15, 0.2) is 17.4 Å². The molecular formula is C25H24F3N3O5S. The smallest absolute Gasteiger partial charge is 0.418 e. The van der Waals surface area contributed by atoms with Crippen LogP contribution in [-0.4, -0.2) is 32.2 Å². The normalized spacial score (nSPS) is 17.9. The van der Waals surface area contributed by atoms with E-state index in [1.165, 1.54) is 30.3 Å². The fourth-order valence-electron chi connectivity index (χ4n) is 4.93. The van der Waals surface area contributed by atoms with Crippen LogP contribution >= 0.6 is 0 Å². The maximum atomic E-state index is 14.2. The van der Waals surface area contributed by atoms with Gasteiger partial charge in [-0.2, -0.15) is 21.6 Å². The number of hydrogen-bond donors (Lipinski definition) is 2. The first-order valence-electron chi connectivity index (χ1n) is 11.6. The molecule has 8 nitrogen and oxygen atoms in total. The summed E-state index contributed by atoms with van der Waals surface area (Å²) in [6.07, 6.45) is -3.62. The molecule has 0 bridgehead atoms. The predicted octanol–water partition coefficient (Wildman–Crippen LogP) is 4.72. The zero-order chi connectivity index (χ0) is 27.2. The van der Waals surface area contributed by atoms with Gasteiger partial charge < -0.3 is 15.8 Å². The number of nitrogens with zero attached hydrogens (tertiary/aromatic N) is 1. The number of carbonyl (C=O) groups is 2. The Balaban J connectivity index is 2.04. The molecule has 0 amide bonds. The van der Waals surface area contributed by atoms with Gasteiger partial charge in [-0.25, -0.2) is 4.79 Å². The third kappa shape index (κ3) is 4.50. The van der Waals surface area contributed by atoms with Crippen LogP contribution < -0.4 is 11.1 Å². The van der Waals surface area contributed by atoms with Crippen LogP contribution in [0.25, 0.3) is 5.76 Å². The summed E-state index contributed by atoms with van der Waals surface area (Å²) in [5, 5.41) is 2.74. The molecule has 0 unspecified atom stereocenters. The molecule has 196 valence electrons. The molecular weight excluding hydrogens is 511 g/mol. The lowest BCUT2D eigenvalue weighted by molar-refractivity contribution is -0.192. The lowest BCUT2D eigenvalue weighted by Crippen LogP contribution is -2.45. The summed E-state index contributed by atoms with van der Waals surface area (Å²) in [6.45, 7) is 3.72. The SMILES string of the molecule is CCCC1(CCC)C(=O)C(C2=NS(=O)(=O)c3cc(N)ccc3N2)=C(OC(=O)C(F)(F)F)c2ccccc21. The number of nitrogens with two attached hydrogens (primary N) is 1. The summed E-state index contributed by atoms with van der Waals surface area (Å²) in [6, 6.07) is 10.2. The van der Waals surface area contributed by atoms with Crippen molar-refractivity contribution in [2.45, 2.75) is 56.0 Å². The summed E-state index contributed by atoms with van der Waals surface area (Å²) >= 11 is 0. The first-order chi connectivity index (χ1) is 17.4. The molecule has 0 atom stereocenters. The molecule has 0 radical (unpaired) electrons. The van der Waals surface area contributed by atoms with Crippen molar-refractivity contribution in [2.24, 2.45) is 4.40 Å². The number of alkyl halides is 3. The number of benzene rings is 2. The van der Waals surface area contributed by atoms with Crippen molar-refractivity contribution < 1.29 is 35.9 Å². The van der Waals surface area contributed by atoms with E-state index in [1.807, 2.05) is 13.8 Å². The van der Waals surface area contributed by atoms with Crippen LogP contribution in [0.2, 0.25) is 0 Å². The van der Waals surface area contributed by atoms with Gasteiger partial charge in [0.05, 0.1) is 11.1 Å². The van der Waals surface area contributed by atoms with Gasteiger partial charge in [-0.1, -0.05) is 51.0 Å². The number of esters is 1. The Morgan fingerprint density at radius 2 is 1.76 bits per heavy atom. The van der Waals surface area contributed by atoms with E-state index in [2.05, 4.69) is 9.71 Å². The number of amidine groups is 1. The van der Waals surface area contributed by atoms with E-state index in [-0.39, 0.29) is 21.8 Å². The van der Waals surface area contributed by atoms with Crippen LogP contribution in [0.1, 0.15) is 50.7 Å². The van der Waals surface area contributed by atoms with Crippen LogP contribution in [0.5, 0.6) is 0 Å². The average Bonchev–Trinajstić information content (AvgIpc) is 2.82. The number of ether oxygens (including phenoxy) is 1. The van der Waals surface area contributed by atoms with Crippen LogP contribution in [0.4, 0.5) is 24.5 Å². The minimum Gasteiger partial charge on any atom is -0.418 e. The van der Waals surface area contributed by atoms with E-state index in [1.54, 1.807) is 12.1 Å². The number of ketones is 1. The Morgan fingerprint density at radius 1 is 1.11 bits per heavy atom. The third-order valence-electron chi connectivity index (χ3n) is 6.34. The number of sulfonamides is 1. The summed E-state index contributed by atoms with van der Waals surface area (Å²) in [4.78, 5) is 25.9. The van der Waals surface area contributed by atoms with Gasteiger partial charge in [0.2, 0.25) is 0 Å². The topological polar surface area (TPSA) is 128 Å². The average molecular weight is 536 g/mol. The number of hydrogen-bond acceptors (Lipinski definition) is 7. The van der Waals surface area contributed by atoms with E-state index in [4.69, 9.17) is 10.5 Å². The lowest BCUT2D eigenvalue weighted by atomic mass is 9.63. The summed E-state index contributed by atoms with van der Waals surface area (Å²) in [5.41, 5.74) is 4.64. The number of carbonyl (C=O) groups excluding carboxylic acids is 2. The van der Waals surface area contributed by atoms with E-state index >= 15 is 0 Å². The minimum absolute atomic E-state index is 0.0245. The molecule has 12 heteroatoms. The van der Waals surface area contributed by atoms with Crippen molar-refractivity contribution in [1.29, 1.82) is 0 Å². The summed E-state index contributed by atoms with van der Waals surface area (Å²) in [5.74, 6) is -4.46. The maximum absolute atomic E-state index is 14.2. The van der Waals surface area contributed by atoms with Crippen LogP contribution in [0, 0.1) is 0 Å². The van der Waals surface area contributed by atoms with Gasteiger partial charge in [0, 0.05) is 11.3 Å². The number of nitrogen functional groups attached to an aromatic ring is 1. The highest BCUT2D eigenvalue weighted by atomic mass is 32.2. The number of rotatable bonds is 6. The van der Waals surface area contributed by atoms with E-state index < -0.39 is 50.5 Å². The van der Waals surface area contributed by atoms with Crippen molar-refractivity contribution in [3.8, 4) is 0 Å². The standard InChI is InChI=1S/C25H24F3N3O5S/c1-3-11-24(12-4-2)16-8-6-5-7-15(16)20(36-23(33)25(26,27)28)19(21(24)32)22-30-17-10-9-14(29)13-18(17)37(34,35)31-22/h5-10,13H,3-4,11-12,29H2,1-2H3,(H,30,31). The van der Waals surface area contributed by atoms with Crippen LogP contribution in [0.3, 0.4) is 0 Å². The highest BCUT2D eigenvalue weighted by Crippen LogP contribution is 2.48. The second-order valence-corrected chi connectivity index (χ2v) is 10.4. The zero-order valence-corrected chi connectivity index (χ0v) is 20.8. The molecule has 0 saturated carbocycles. The van der Waals surface area contributed by atoms with Crippen molar-refractivity contribution in [2.75, 3.05) is 11.1 Å². The monoisotopic (exact) mass is 535 g/mol. The molecule has 1 aliphatic carbocycles. The van der Waals surface area contributed by atoms with Crippen molar-refractivity contribution in [3.05, 3.63) is 59.2 Å². The predicted molar refractivity (Wildman–Crippen MR) is 131 cm³/mol. The minimum atomic E-state index is -5.37. The molecule has 0 aromatic heterocycles. The highest BCUT2D eigenvalue weighted by Gasteiger charge is 2.51. The first-order valence-corrected chi connectivity index (χ1v) is 13.0. The molecule has 2 aromatic carbocycles. The van der Waals surface area contributed by atoms with Gasteiger partial charge in [-0.15, -0.1) is 4.40 Å². The van der Waals surface area contributed by atoms with Gasteiger partial charge in [-0.3, -0.25) is 4.79 Å². The Hall–Kier alpha value is -3.67. The number of Topliss-reactive ketones (excluding diaryl/α,β-unsaturated/α-hetero) is 1. The Labute approximate surface area is 211 Å². The second kappa shape index (κ2) is 9.33. The van der Waals surface area contributed by atoms with Crippen LogP contribution in [-0.2, 0) is 29.8 Å². The lowest BCUT2D eigenvalue weighted by Gasteiger charge is -2.39. The number of fused-ring (bicyclic) bond motifs is 2. The largest absolute Gasteiger partial charge is 0.491 e. The number of halogens is 3. The molecule has 0 saturated heterocycles. The molecule has 0 spiro atoms. The van der Waals surface area contributed by atoms with Crippen LogP contribution in [0.15, 0.2) is 57.3 Å². The zero-order valence-electron chi connectivity index (χ0n) is 20.0. The van der Waals surface area contributed by atoms with Crippen molar-refractivity contribution in [1.82, 2.24) is 0 Å². The van der Waals surface area contributed by atoms with Crippen molar-refractivity contribution >= 4 is 44.7 Å². The molecule has 2 aromatic rings. The van der Waals surface area contributed by atoms with E-state index in [0.29, 0.717) is 31.2 Å². The summed E-state index contributed by atoms with van der Waals surface area (Å²) < 4.78 is 74.4. The molecule has 1 aliphatic heterocycles. The van der Waals surface area contributed by atoms with Gasteiger partial charge in [-0.05, 0) is 36.6 Å². The molecule has 37 heavy (non-hydrogen) atoms. The molecule has 4 rings (SSSR count). The highest BCUT2D eigenvalue weighted by molar-refractivity contribution is 7.90. The Morgan fingerprint density at radius 3 is 2.38 bits per heavy atom. The maximum Gasteiger partial charge on any atom is 0.491 e. The van der Waals surface area contributed by atoms with E-state index in [9.17, 15) is 31.2 Å². The van der Waals surface area contributed by atoms with Gasteiger partial charge in [0.1, 0.15) is 10.5 Å². The number of anilines is 2. The van der Waals surface area contributed by atoms with Gasteiger partial charge in [0.25, 0.3) is 10.0 Å². The van der Waals surface area contributed by atoms with E-state index in [0.717, 1.165) is 0 Å². The van der Waals surface area contributed by atoms with Crippen molar-refractivity contribution in [3.63, 3.8) is 0 Å². The van der Waals surface area contributed by atoms with Gasteiger partial charge >= 0.3 is 12.1 Å². The molecule has 2 aliphatic rings. The number of nitrogens with one attached hydrogen (secondary N) is 1. The Bertz CT molecular complexity index is 1460. The third-order valence-corrected chi connectivity index (χ3v) is 7.66. The fraction of sp³-hybridized carbons (Fsp3) is 0.320. The second-order valence-electron chi connectivity index (χ2n) is 8.84. The molecule has 0 fully saturated rings. The molecule has 1 heterocycles. The summed E-state index contributed by atoms with van der Waals surface area (Å²) in [7, 11) is -4.41. The first kappa shape index (κ1) is 26.4. The fourth-order valence-corrected chi connectivity index (χ4v) is 6.09.